The third-order valence-electron chi connectivity index (χ3n) is 6.07. The van der Waals surface area contributed by atoms with Crippen LogP contribution in [0.1, 0.15) is 43.3 Å². The van der Waals surface area contributed by atoms with Gasteiger partial charge in [0.1, 0.15) is 4.90 Å². The van der Waals surface area contributed by atoms with Gasteiger partial charge in [0.15, 0.2) is 11.5 Å². The number of halogens is 1. The van der Waals surface area contributed by atoms with Crippen LogP contribution in [-0.2, 0) is 10.0 Å². The Labute approximate surface area is 236 Å². The van der Waals surface area contributed by atoms with E-state index in [9.17, 15) is 8.42 Å². The number of methoxy groups -OCH3 is 1. The summed E-state index contributed by atoms with van der Waals surface area (Å²) in [5, 5.41) is 0.264. The summed E-state index contributed by atoms with van der Waals surface area (Å²) in [6.45, 7) is 8.15. The summed E-state index contributed by atoms with van der Waals surface area (Å²) in [6, 6.07) is 12.9. The van der Waals surface area contributed by atoms with Gasteiger partial charge < -0.3 is 14.4 Å². The first-order valence-corrected chi connectivity index (χ1v) is 16.8. The molecule has 1 saturated heterocycles. The molecule has 0 aliphatic carbocycles. The fraction of sp³-hybridized carbons (Fsp3) is 0.556. The molecule has 1 heterocycles. The van der Waals surface area contributed by atoms with Crippen LogP contribution in [0.5, 0.6) is 11.5 Å². The van der Waals surface area contributed by atoms with Crippen LogP contribution in [0.4, 0.5) is 0 Å². The lowest BCUT2D eigenvalue weighted by Crippen LogP contribution is -2.48. The highest BCUT2D eigenvalue weighted by Gasteiger charge is 2.29. The largest absolute Gasteiger partial charge is 0.493 e. The second-order valence-corrected chi connectivity index (χ2v) is 13.9. The SMILES string of the molecule is CCCSC(SCCC)c1ccc(OCCCN2CCN(S(=O)(=O)c3ccccc3Cl)CC2)c(OC)c1. The normalized spacial score (nSPS) is 15.3. The van der Waals surface area contributed by atoms with Crippen molar-refractivity contribution in [3.63, 3.8) is 0 Å². The molecule has 3 rings (SSSR count). The minimum atomic E-state index is -3.57. The van der Waals surface area contributed by atoms with Crippen LogP contribution < -0.4 is 9.47 Å². The van der Waals surface area contributed by atoms with Gasteiger partial charge in [-0.2, -0.15) is 4.31 Å². The molecule has 1 aliphatic heterocycles. The van der Waals surface area contributed by atoms with Crippen LogP contribution in [-0.4, -0.2) is 75.6 Å². The number of nitrogens with zero attached hydrogens (tertiary/aromatic N) is 2. The molecule has 0 bridgehead atoms. The Morgan fingerprint density at radius 3 is 2.27 bits per heavy atom. The van der Waals surface area contributed by atoms with E-state index in [1.165, 1.54) is 22.7 Å². The van der Waals surface area contributed by atoms with Crippen molar-refractivity contribution >= 4 is 45.1 Å². The van der Waals surface area contributed by atoms with Crippen LogP contribution in [0.25, 0.3) is 0 Å². The average molecular weight is 587 g/mol. The van der Waals surface area contributed by atoms with Crippen LogP contribution in [0.3, 0.4) is 0 Å². The fourth-order valence-electron chi connectivity index (χ4n) is 4.10. The molecule has 206 valence electrons. The van der Waals surface area contributed by atoms with Crippen molar-refractivity contribution < 1.29 is 17.9 Å². The summed E-state index contributed by atoms with van der Waals surface area (Å²) in [6.07, 6.45) is 3.18. The summed E-state index contributed by atoms with van der Waals surface area (Å²) in [5.74, 6) is 3.82. The van der Waals surface area contributed by atoms with Gasteiger partial charge in [0, 0.05) is 32.7 Å². The summed E-state index contributed by atoms with van der Waals surface area (Å²) in [5.41, 5.74) is 1.27. The summed E-state index contributed by atoms with van der Waals surface area (Å²) < 4.78 is 39.6. The van der Waals surface area contributed by atoms with Gasteiger partial charge in [0.2, 0.25) is 10.0 Å². The highest BCUT2D eigenvalue weighted by atomic mass is 35.5. The fourth-order valence-corrected chi connectivity index (χ4v) is 8.55. The summed E-state index contributed by atoms with van der Waals surface area (Å²) in [4.78, 5) is 2.46. The number of benzene rings is 2. The van der Waals surface area contributed by atoms with Gasteiger partial charge in [0.05, 0.1) is 23.3 Å². The van der Waals surface area contributed by atoms with Gasteiger partial charge in [-0.15, -0.1) is 23.5 Å². The molecule has 0 aromatic heterocycles. The maximum Gasteiger partial charge on any atom is 0.244 e. The second-order valence-electron chi connectivity index (χ2n) is 8.86. The predicted molar refractivity (Wildman–Crippen MR) is 158 cm³/mol. The van der Waals surface area contributed by atoms with Crippen LogP contribution >= 0.6 is 35.1 Å². The van der Waals surface area contributed by atoms with E-state index in [4.69, 9.17) is 21.1 Å². The van der Waals surface area contributed by atoms with E-state index in [1.54, 1.807) is 31.4 Å². The Morgan fingerprint density at radius 1 is 0.973 bits per heavy atom. The third-order valence-corrected chi connectivity index (χ3v) is 11.7. The van der Waals surface area contributed by atoms with Gasteiger partial charge in [-0.25, -0.2) is 8.42 Å². The summed E-state index contributed by atoms with van der Waals surface area (Å²) in [7, 11) is -1.88. The zero-order valence-electron chi connectivity index (χ0n) is 22.0. The topological polar surface area (TPSA) is 59.1 Å². The molecule has 0 radical (unpaired) electrons. The van der Waals surface area contributed by atoms with Gasteiger partial charge in [0.25, 0.3) is 0 Å². The van der Waals surface area contributed by atoms with Crippen molar-refractivity contribution in [2.45, 2.75) is 42.6 Å². The highest BCUT2D eigenvalue weighted by Crippen LogP contribution is 2.42. The molecule has 0 unspecified atom stereocenters. The molecule has 2 aromatic carbocycles. The van der Waals surface area contributed by atoms with Gasteiger partial charge in [-0.05, 0) is 60.6 Å². The number of hydrogen-bond acceptors (Lipinski definition) is 7. The van der Waals surface area contributed by atoms with E-state index in [0.29, 0.717) is 37.4 Å². The lowest BCUT2D eigenvalue weighted by atomic mass is 10.2. The molecule has 2 aromatic rings. The zero-order chi connectivity index (χ0) is 26.7. The number of thioether (sulfide) groups is 2. The maximum absolute atomic E-state index is 13.0. The molecule has 6 nitrogen and oxygen atoms in total. The Balaban J connectivity index is 1.47. The Bertz CT molecular complexity index is 1070. The van der Waals surface area contributed by atoms with Crippen molar-refractivity contribution in [3.05, 3.63) is 53.1 Å². The van der Waals surface area contributed by atoms with E-state index in [1.807, 2.05) is 29.6 Å². The van der Waals surface area contributed by atoms with Crippen LogP contribution in [0.15, 0.2) is 47.4 Å². The number of rotatable bonds is 15. The van der Waals surface area contributed by atoms with Crippen molar-refractivity contribution in [2.24, 2.45) is 0 Å². The van der Waals surface area contributed by atoms with Crippen molar-refractivity contribution in [2.75, 3.05) is 57.9 Å². The van der Waals surface area contributed by atoms with E-state index in [0.717, 1.165) is 36.0 Å². The Morgan fingerprint density at radius 2 is 1.65 bits per heavy atom. The molecule has 0 amide bonds. The van der Waals surface area contributed by atoms with E-state index >= 15 is 0 Å². The molecular formula is C27H39ClN2O4S3. The number of hydrogen-bond donors (Lipinski definition) is 0. The van der Waals surface area contributed by atoms with E-state index in [-0.39, 0.29) is 9.92 Å². The highest BCUT2D eigenvalue weighted by molar-refractivity contribution is 8.16. The Kier molecular flexibility index (Phi) is 12.7. The Hall–Kier alpha value is -1.10. The lowest BCUT2D eigenvalue weighted by Gasteiger charge is -2.34. The van der Waals surface area contributed by atoms with Gasteiger partial charge in [-0.3, -0.25) is 0 Å². The minimum absolute atomic E-state index is 0.178. The molecule has 10 heteroatoms. The monoisotopic (exact) mass is 586 g/mol. The molecule has 0 N–H and O–H groups in total. The van der Waals surface area contributed by atoms with Crippen LogP contribution in [0.2, 0.25) is 5.02 Å². The summed E-state index contributed by atoms with van der Waals surface area (Å²) >= 11 is 10.1. The predicted octanol–water partition coefficient (Wildman–Crippen LogP) is 6.41. The van der Waals surface area contributed by atoms with Crippen molar-refractivity contribution in [3.8, 4) is 11.5 Å². The van der Waals surface area contributed by atoms with Gasteiger partial charge >= 0.3 is 0 Å². The van der Waals surface area contributed by atoms with E-state index < -0.39 is 10.0 Å². The van der Waals surface area contributed by atoms with Crippen molar-refractivity contribution in [1.29, 1.82) is 0 Å². The number of ether oxygens (including phenoxy) is 2. The number of sulfonamides is 1. The average Bonchev–Trinajstić information content (AvgIpc) is 2.91. The molecular weight excluding hydrogens is 548 g/mol. The second kappa shape index (κ2) is 15.5. The van der Waals surface area contributed by atoms with Crippen LogP contribution in [0, 0.1) is 0 Å². The molecule has 37 heavy (non-hydrogen) atoms. The lowest BCUT2D eigenvalue weighted by molar-refractivity contribution is 0.174. The standard InChI is InChI=1S/C27H39ClN2O4S3/c1-4-19-35-27(36-20-5-2)22-11-12-24(25(21-22)33-3)34-18-8-13-29-14-16-30(17-15-29)37(31,32)26-10-7-6-9-23(26)28/h6-7,9-12,21,27H,4-5,8,13-20H2,1-3H3. The van der Waals surface area contributed by atoms with Gasteiger partial charge in [-0.1, -0.05) is 43.6 Å². The first kappa shape index (κ1) is 30.4. The quantitative estimate of drug-likeness (QED) is 0.176. The maximum atomic E-state index is 13.0. The smallest absolute Gasteiger partial charge is 0.244 e. The molecule has 0 saturated carbocycles. The first-order valence-electron chi connectivity index (χ1n) is 12.9. The van der Waals surface area contributed by atoms with E-state index in [2.05, 4.69) is 30.9 Å². The third kappa shape index (κ3) is 8.70. The zero-order valence-corrected chi connectivity index (χ0v) is 25.2. The minimum Gasteiger partial charge on any atom is -0.493 e. The molecule has 1 fully saturated rings. The number of piperazine rings is 1. The molecule has 0 spiro atoms. The molecule has 1 aliphatic rings. The molecule has 0 atom stereocenters. The van der Waals surface area contributed by atoms with Crippen molar-refractivity contribution in [1.82, 2.24) is 9.21 Å². The first-order chi connectivity index (χ1) is 17.9.